The maximum atomic E-state index is 5.99. The Bertz CT molecular complexity index is 573. The molecule has 4 heteroatoms. The smallest absolute Gasteiger partial charge is 0.149 e. The maximum Gasteiger partial charge on any atom is 0.149 e. The summed E-state index contributed by atoms with van der Waals surface area (Å²) in [7, 11) is 0. The first-order chi connectivity index (χ1) is 9.74. The van der Waals surface area contributed by atoms with Crippen molar-refractivity contribution in [2.45, 2.75) is 25.8 Å². The second kappa shape index (κ2) is 5.80. The monoisotopic (exact) mass is 287 g/mol. The Kier molecular flexibility index (Phi) is 3.88. The van der Waals surface area contributed by atoms with Crippen LogP contribution >= 0.6 is 11.6 Å². The molecule has 1 aromatic heterocycles. The van der Waals surface area contributed by atoms with Gasteiger partial charge in [0, 0.05) is 6.54 Å². The molecule has 1 aliphatic heterocycles. The fourth-order valence-corrected chi connectivity index (χ4v) is 3.04. The first kappa shape index (κ1) is 13.4. The Hall–Kier alpha value is -1.61. The van der Waals surface area contributed by atoms with Crippen LogP contribution in [0.5, 0.6) is 0 Å². The molecule has 1 aromatic carbocycles. The van der Waals surface area contributed by atoms with Crippen LogP contribution in [0.3, 0.4) is 0 Å². The quantitative estimate of drug-likeness (QED) is 0.832. The van der Waals surface area contributed by atoms with Gasteiger partial charge in [-0.05, 0) is 24.3 Å². The van der Waals surface area contributed by atoms with Gasteiger partial charge in [0.2, 0.25) is 0 Å². The number of halogens is 1. The second-order valence-corrected chi connectivity index (χ2v) is 5.85. The second-order valence-electron chi connectivity index (χ2n) is 5.46. The largest absolute Gasteiger partial charge is 0.348 e. The third-order valence-corrected chi connectivity index (χ3v) is 4.07. The number of benzene rings is 1. The predicted molar refractivity (Wildman–Crippen MR) is 82.0 cm³/mol. The van der Waals surface area contributed by atoms with E-state index in [1.165, 1.54) is 12.0 Å². The van der Waals surface area contributed by atoms with E-state index in [9.17, 15) is 0 Å². The van der Waals surface area contributed by atoms with Crippen molar-refractivity contribution in [1.82, 2.24) is 9.97 Å². The lowest BCUT2D eigenvalue weighted by atomic mass is 9.90. The van der Waals surface area contributed by atoms with Crippen LogP contribution < -0.4 is 4.90 Å². The number of rotatable bonds is 2. The van der Waals surface area contributed by atoms with Gasteiger partial charge in [0.1, 0.15) is 11.0 Å². The Morgan fingerprint density at radius 2 is 1.95 bits per heavy atom. The van der Waals surface area contributed by atoms with Crippen molar-refractivity contribution in [3.63, 3.8) is 0 Å². The Labute approximate surface area is 124 Å². The van der Waals surface area contributed by atoms with Crippen molar-refractivity contribution in [1.29, 1.82) is 0 Å². The first-order valence-corrected chi connectivity index (χ1v) is 7.41. The lowest BCUT2D eigenvalue weighted by molar-refractivity contribution is 0.379. The van der Waals surface area contributed by atoms with Crippen LogP contribution in [0.1, 0.15) is 31.4 Å². The molecule has 1 saturated heterocycles. The summed E-state index contributed by atoms with van der Waals surface area (Å²) in [5, 5.41) is 0.451. The van der Waals surface area contributed by atoms with Crippen LogP contribution in [0.25, 0.3) is 0 Å². The molecule has 2 aromatic rings. The highest BCUT2D eigenvalue weighted by atomic mass is 35.5. The predicted octanol–water partition coefficient (Wildman–Crippen LogP) is 4.11. The molecule has 0 saturated carbocycles. The van der Waals surface area contributed by atoms with E-state index in [0.717, 1.165) is 18.8 Å². The number of hydrogen-bond acceptors (Lipinski definition) is 3. The summed E-state index contributed by atoms with van der Waals surface area (Å²) in [6.45, 7) is 3.28. The SMILES string of the molecule is C[C@@H]1CC[C@H](c2ccccc2)N(c2cncc(Cl)n2)C1. The molecule has 0 N–H and O–H groups in total. The number of anilines is 1. The van der Waals surface area contributed by atoms with Gasteiger partial charge in [-0.1, -0.05) is 48.9 Å². The van der Waals surface area contributed by atoms with Gasteiger partial charge in [-0.25, -0.2) is 4.98 Å². The summed E-state index contributed by atoms with van der Waals surface area (Å²) in [4.78, 5) is 10.9. The van der Waals surface area contributed by atoms with Gasteiger partial charge >= 0.3 is 0 Å². The van der Waals surface area contributed by atoms with Crippen LogP contribution in [0.15, 0.2) is 42.7 Å². The zero-order valence-electron chi connectivity index (χ0n) is 11.5. The van der Waals surface area contributed by atoms with E-state index in [0.29, 0.717) is 17.1 Å². The van der Waals surface area contributed by atoms with Crippen LogP contribution in [0.2, 0.25) is 5.15 Å². The van der Waals surface area contributed by atoms with Crippen molar-refractivity contribution >= 4 is 17.4 Å². The molecule has 3 nitrogen and oxygen atoms in total. The number of hydrogen-bond donors (Lipinski definition) is 0. The molecule has 0 bridgehead atoms. The van der Waals surface area contributed by atoms with E-state index in [2.05, 4.69) is 52.1 Å². The average molecular weight is 288 g/mol. The maximum absolute atomic E-state index is 5.99. The zero-order chi connectivity index (χ0) is 13.9. The van der Waals surface area contributed by atoms with Crippen LogP contribution in [-0.2, 0) is 0 Å². The van der Waals surface area contributed by atoms with Crippen molar-refractivity contribution in [3.05, 3.63) is 53.4 Å². The minimum absolute atomic E-state index is 0.361. The summed E-state index contributed by atoms with van der Waals surface area (Å²) >= 11 is 5.99. The van der Waals surface area contributed by atoms with E-state index < -0.39 is 0 Å². The van der Waals surface area contributed by atoms with Crippen molar-refractivity contribution < 1.29 is 0 Å². The lowest BCUT2D eigenvalue weighted by Gasteiger charge is -2.39. The Balaban J connectivity index is 1.95. The summed E-state index contributed by atoms with van der Waals surface area (Å²) in [6, 6.07) is 11.0. The number of nitrogens with zero attached hydrogens (tertiary/aromatic N) is 3. The van der Waals surface area contributed by atoms with Gasteiger partial charge in [-0.2, -0.15) is 0 Å². The Morgan fingerprint density at radius 3 is 2.70 bits per heavy atom. The van der Waals surface area contributed by atoms with Gasteiger partial charge in [0.05, 0.1) is 18.4 Å². The standard InChI is InChI=1S/C16H18ClN3/c1-12-7-8-14(13-5-3-2-4-6-13)20(11-12)16-10-18-9-15(17)19-16/h2-6,9-10,12,14H,7-8,11H2,1H3/t12-,14-/m1/s1. The highest BCUT2D eigenvalue weighted by Gasteiger charge is 2.28. The summed E-state index contributed by atoms with van der Waals surface area (Å²) in [6.07, 6.45) is 5.76. The van der Waals surface area contributed by atoms with Crippen LogP contribution in [0, 0.1) is 5.92 Å². The minimum atomic E-state index is 0.361. The highest BCUT2D eigenvalue weighted by Crippen LogP contribution is 2.36. The van der Waals surface area contributed by atoms with Crippen molar-refractivity contribution in [3.8, 4) is 0 Å². The van der Waals surface area contributed by atoms with Gasteiger partial charge in [-0.3, -0.25) is 4.98 Å². The third kappa shape index (κ3) is 2.78. The fourth-order valence-electron chi connectivity index (χ4n) is 2.90. The van der Waals surface area contributed by atoms with E-state index in [4.69, 9.17) is 11.6 Å². The molecule has 0 radical (unpaired) electrons. The zero-order valence-corrected chi connectivity index (χ0v) is 12.3. The van der Waals surface area contributed by atoms with Crippen LogP contribution in [0.4, 0.5) is 5.82 Å². The summed E-state index contributed by atoms with van der Waals surface area (Å²) < 4.78 is 0. The molecule has 2 atom stereocenters. The van der Waals surface area contributed by atoms with Gasteiger partial charge < -0.3 is 4.90 Å². The third-order valence-electron chi connectivity index (χ3n) is 3.89. The lowest BCUT2D eigenvalue weighted by Crippen LogP contribution is -2.38. The molecule has 3 rings (SSSR count). The number of piperidine rings is 1. The normalized spacial score (nSPS) is 22.8. The average Bonchev–Trinajstić information content (AvgIpc) is 2.48. The molecule has 0 amide bonds. The van der Waals surface area contributed by atoms with E-state index in [1.807, 2.05) is 0 Å². The molecule has 0 aliphatic carbocycles. The molecule has 0 spiro atoms. The van der Waals surface area contributed by atoms with Gasteiger partial charge in [0.25, 0.3) is 0 Å². The van der Waals surface area contributed by atoms with Crippen molar-refractivity contribution in [2.75, 3.05) is 11.4 Å². The topological polar surface area (TPSA) is 29.0 Å². The Morgan fingerprint density at radius 1 is 1.15 bits per heavy atom. The van der Waals surface area contributed by atoms with Gasteiger partial charge in [0.15, 0.2) is 0 Å². The molecule has 104 valence electrons. The highest BCUT2D eigenvalue weighted by molar-refractivity contribution is 6.29. The number of aromatic nitrogens is 2. The molecular weight excluding hydrogens is 270 g/mol. The molecular formula is C16H18ClN3. The van der Waals surface area contributed by atoms with E-state index in [1.54, 1.807) is 12.4 Å². The van der Waals surface area contributed by atoms with Gasteiger partial charge in [-0.15, -0.1) is 0 Å². The van der Waals surface area contributed by atoms with E-state index >= 15 is 0 Å². The molecule has 20 heavy (non-hydrogen) atoms. The molecule has 1 fully saturated rings. The fraction of sp³-hybridized carbons (Fsp3) is 0.375. The van der Waals surface area contributed by atoms with Crippen molar-refractivity contribution in [2.24, 2.45) is 5.92 Å². The van der Waals surface area contributed by atoms with E-state index in [-0.39, 0.29) is 0 Å². The molecule has 1 aliphatic rings. The summed E-state index contributed by atoms with van der Waals surface area (Å²) in [5.74, 6) is 1.54. The molecule has 0 unspecified atom stereocenters. The summed E-state index contributed by atoms with van der Waals surface area (Å²) in [5.41, 5.74) is 1.33. The first-order valence-electron chi connectivity index (χ1n) is 7.03. The minimum Gasteiger partial charge on any atom is -0.348 e. The van der Waals surface area contributed by atoms with Crippen LogP contribution in [-0.4, -0.2) is 16.5 Å². The molecule has 2 heterocycles.